The van der Waals surface area contributed by atoms with Gasteiger partial charge in [-0.2, -0.15) is 0 Å². The number of carbonyl (C=O) groups excluding carboxylic acids is 1. The number of benzene rings is 2. The minimum Gasteiger partial charge on any atom is -0.353 e. The van der Waals surface area contributed by atoms with E-state index in [0.29, 0.717) is 18.6 Å². The van der Waals surface area contributed by atoms with E-state index in [-0.39, 0.29) is 17.8 Å². The molecule has 2 aliphatic heterocycles. The van der Waals surface area contributed by atoms with Gasteiger partial charge in [-0.3, -0.25) is 9.69 Å². The van der Waals surface area contributed by atoms with Gasteiger partial charge in [-0.25, -0.2) is 15.2 Å². The summed E-state index contributed by atoms with van der Waals surface area (Å²) >= 11 is 0. The zero-order valence-corrected chi connectivity index (χ0v) is 15.9. The number of piperidine rings is 1. The molecule has 4 rings (SSSR count). The van der Waals surface area contributed by atoms with Gasteiger partial charge in [0.1, 0.15) is 5.82 Å². The lowest BCUT2D eigenvalue weighted by atomic mass is 10.0. The molecule has 2 fully saturated rings. The molecule has 0 spiro atoms. The molecule has 1 amide bonds. The zero-order valence-electron chi connectivity index (χ0n) is 15.9. The van der Waals surface area contributed by atoms with E-state index in [1.54, 1.807) is 12.1 Å². The van der Waals surface area contributed by atoms with Crippen LogP contribution >= 0.6 is 0 Å². The first-order chi connectivity index (χ1) is 13.7. The molecule has 148 valence electrons. The van der Waals surface area contributed by atoms with Gasteiger partial charge in [0.2, 0.25) is 5.91 Å². The summed E-state index contributed by atoms with van der Waals surface area (Å²) in [6.45, 7) is 1.92. The summed E-state index contributed by atoms with van der Waals surface area (Å²) < 4.78 is 13.0. The number of hydrazine groups is 1. The van der Waals surface area contributed by atoms with E-state index >= 15 is 0 Å². The summed E-state index contributed by atoms with van der Waals surface area (Å²) in [4.78, 5) is 14.7. The quantitative estimate of drug-likeness (QED) is 0.744. The smallest absolute Gasteiger partial charge is 0.224 e. The van der Waals surface area contributed by atoms with Crippen LogP contribution in [0.25, 0.3) is 0 Å². The van der Waals surface area contributed by atoms with Gasteiger partial charge in [-0.05, 0) is 42.5 Å². The van der Waals surface area contributed by atoms with E-state index < -0.39 is 0 Å². The third-order valence-electron chi connectivity index (χ3n) is 5.70. The summed E-state index contributed by atoms with van der Waals surface area (Å²) in [6.07, 6.45) is 3.55. The number of carbonyl (C=O) groups is 1. The predicted molar refractivity (Wildman–Crippen MR) is 107 cm³/mol. The highest BCUT2D eigenvalue weighted by Gasteiger charge is 2.32. The van der Waals surface area contributed by atoms with Crippen LogP contribution in [0.2, 0.25) is 0 Å². The molecule has 5 nitrogen and oxygen atoms in total. The van der Waals surface area contributed by atoms with Crippen molar-refractivity contribution in [3.05, 3.63) is 71.5 Å². The van der Waals surface area contributed by atoms with Gasteiger partial charge in [0.05, 0.1) is 12.6 Å². The summed E-state index contributed by atoms with van der Waals surface area (Å²) in [5, 5.41) is 3.13. The standard InChI is InChI=1S/C22H27FN4O/c23-18-8-6-16(7-9-18)14-22(28)24-19-10-12-27(13-11-19)21-15-20(25-26-21)17-4-2-1-3-5-17/h1-9,19-21,25-26H,10-15H2,(H,24,28). The maximum absolute atomic E-state index is 13.0. The van der Waals surface area contributed by atoms with Crippen molar-refractivity contribution >= 4 is 5.91 Å². The van der Waals surface area contributed by atoms with Crippen molar-refractivity contribution in [3.63, 3.8) is 0 Å². The van der Waals surface area contributed by atoms with Gasteiger partial charge in [-0.15, -0.1) is 0 Å². The number of nitrogens with zero attached hydrogens (tertiary/aromatic N) is 1. The number of nitrogens with one attached hydrogen (secondary N) is 3. The number of likely N-dealkylation sites (tertiary alicyclic amines) is 1. The first kappa shape index (κ1) is 19.1. The van der Waals surface area contributed by atoms with E-state index in [9.17, 15) is 9.18 Å². The maximum Gasteiger partial charge on any atom is 0.224 e. The van der Waals surface area contributed by atoms with Crippen molar-refractivity contribution in [2.75, 3.05) is 13.1 Å². The molecule has 2 unspecified atom stereocenters. The normalized spacial score (nSPS) is 23.6. The third-order valence-corrected chi connectivity index (χ3v) is 5.70. The largest absolute Gasteiger partial charge is 0.353 e. The SMILES string of the molecule is O=C(Cc1ccc(F)cc1)NC1CCN(C2CC(c3ccccc3)NN2)CC1. The molecule has 2 aliphatic rings. The Bertz CT molecular complexity index is 775. The lowest BCUT2D eigenvalue weighted by Crippen LogP contribution is -2.51. The zero-order chi connectivity index (χ0) is 19.3. The van der Waals surface area contributed by atoms with Crippen molar-refractivity contribution in [1.29, 1.82) is 0 Å². The number of rotatable bonds is 5. The molecule has 2 saturated heterocycles. The molecule has 28 heavy (non-hydrogen) atoms. The first-order valence-electron chi connectivity index (χ1n) is 10.0. The average molecular weight is 382 g/mol. The van der Waals surface area contributed by atoms with Gasteiger partial charge in [0.25, 0.3) is 0 Å². The highest BCUT2D eigenvalue weighted by molar-refractivity contribution is 5.78. The molecule has 3 N–H and O–H groups in total. The molecule has 0 aliphatic carbocycles. The minimum atomic E-state index is -0.277. The van der Waals surface area contributed by atoms with Gasteiger partial charge < -0.3 is 5.32 Å². The molecule has 2 heterocycles. The van der Waals surface area contributed by atoms with E-state index in [1.807, 2.05) is 6.07 Å². The van der Waals surface area contributed by atoms with Crippen LogP contribution < -0.4 is 16.2 Å². The monoisotopic (exact) mass is 382 g/mol. The van der Waals surface area contributed by atoms with E-state index in [2.05, 4.69) is 45.3 Å². The Morgan fingerprint density at radius 2 is 1.75 bits per heavy atom. The fourth-order valence-electron chi connectivity index (χ4n) is 4.10. The van der Waals surface area contributed by atoms with Gasteiger partial charge >= 0.3 is 0 Å². The fourth-order valence-corrected chi connectivity index (χ4v) is 4.10. The molecule has 2 aromatic rings. The van der Waals surface area contributed by atoms with Crippen LogP contribution in [0.3, 0.4) is 0 Å². The summed E-state index contributed by atoms with van der Waals surface area (Å²) in [6, 6.07) is 17.2. The van der Waals surface area contributed by atoms with Crippen LogP contribution in [-0.2, 0) is 11.2 Å². The topological polar surface area (TPSA) is 56.4 Å². The van der Waals surface area contributed by atoms with Crippen molar-refractivity contribution in [1.82, 2.24) is 21.1 Å². The number of hydrogen-bond acceptors (Lipinski definition) is 4. The molecule has 0 bridgehead atoms. The van der Waals surface area contributed by atoms with Crippen LogP contribution in [0.1, 0.15) is 36.4 Å². The van der Waals surface area contributed by atoms with Crippen LogP contribution in [0, 0.1) is 5.82 Å². The van der Waals surface area contributed by atoms with Crippen LogP contribution in [0.4, 0.5) is 4.39 Å². The van der Waals surface area contributed by atoms with Crippen molar-refractivity contribution in [2.24, 2.45) is 0 Å². The lowest BCUT2D eigenvalue weighted by molar-refractivity contribution is -0.121. The van der Waals surface area contributed by atoms with E-state index in [0.717, 1.165) is 37.9 Å². The summed E-state index contributed by atoms with van der Waals surface area (Å²) in [5.41, 5.74) is 8.98. The molecule has 0 radical (unpaired) electrons. The van der Waals surface area contributed by atoms with Gasteiger partial charge in [0.15, 0.2) is 0 Å². The fraction of sp³-hybridized carbons (Fsp3) is 0.409. The van der Waals surface area contributed by atoms with Crippen molar-refractivity contribution in [2.45, 2.75) is 43.9 Å². The summed E-state index contributed by atoms with van der Waals surface area (Å²) in [5.74, 6) is -0.268. The number of halogens is 1. The van der Waals surface area contributed by atoms with Gasteiger partial charge in [-0.1, -0.05) is 42.5 Å². The Labute approximate surface area is 165 Å². The Kier molecular flexibility index (Phi) is 6.00. The highest BCUT2D eigenvalue weighted by Crippen LogP contribution is 2.25. The second-order valence-corrected chi connectivity index (χ2v) is 7.68. The second kappa shape index (κ2) is 8.82. The lowest BCUT2D eigenvalue weighted by Gasteiger charge is -2.35. The second-order valence-electron chi connectivity index (χ2n) is 7.68. The Morgan fingerprint density at radius 1 is 1.04 bits per heavy atom. The molecule has 0 saturated carbocycles. The van der Waals surface area contributed by atoms with Gasteiger partial charge in [0, 0.05) is 25.2 Å². The Hall–Kier alpha value is -2.28. The number of amides is 1. The molecular weight excluding hydrogens is 355 g/mol. The predicted octanol–water partition coefficient (Wildman–Crippen LogP) is 2.51. The Balaban J connectivity index is 1.21. The van der Waals surface area contributed by atoms with E-state index in [4.69, 9.17) is 0 Å². The van der Waals surface area contributed by atoms with Crippen molar-refractivity contribution in [3.8, 4) is 0 Å². The Morgan fingerprint density at radius 3 is 2.46 bits per heavy atom. The first-order valence-corrected chi connectivity index (χ1v) is 10.0. The molecule has 0 aromatic heterocycles. The molecule has 2 atom stereocenters. The van der Waals surface area contributed by atoms with Crippen LogP contribution in [0.5, 0.6) is 0 Å². The number of hydrogen-bond donors (Lipinski definition) is 3. The van der Waals surface area contributed by atoms with E-state index in [1.165, 1.54) is 17.7 Å². The highest BCUT2D eigenvalue weighted by atomic mass is 19.1. The molecular formula is C22H27FN4O. The molecule has 2 aromatic carbocycles. The van der Waals surface area contributed by atoms with Crippen LogP contribution in [-0.4, -0.2) is 36.1 Å². The minimum absolute atomic E-state index is 0.00913. The third kappa shape index (κ3) is 4.76. The van der Waals surface area contributed by atoms with Crippen LogP contribution in [0.15, 0.2) is 54.6 Å². The van der Waals surface area contributed by atoms with Crippen molar-refractivity contribution < 1.29 is 9.18 Å². The average Bonchev–Trinajstić information content (AvgIpc) is 3.21. The summed E-state index contributed by atoms with van der Waals surface area (Å²) in [7, 11) is 0. The molecule has 6 heteroatoms. The maximum atomic E-state index is 13.0.